The number of ether oxygens (including phenoxy) is 1. The molecule has 1 amide bonds. The smallest absolute Gasteiger partial charge is 0.410 e. The molecule has 2 aliphatic rings. The molecule has 1 aliphatic heterocycles. The minimum Gasteiger partial charge on any atom is -0.444 e. The van der Waals surface area contributed by atoms with Crippen molar-refractivity contribution in [2.45, 2.75) is 59.1 Å². The van der Waals surface area contributed by atoms with E-state index in [-0.39, 0.29) is 11.5 Å². The number of carbonyl (C=O) groups excluding carboxylic acids is 1. The van der Waals surface area contributed by atoms with E-state index in [1.165, 1.54) is 6.42 Å². The molecule has 2 rings (SSSR count). The third-order valence-corrected chi connectivity index (χ3v) is 4.79. The summed E-state index contributed by atoms with van der Waals surface area (Å²) in [6.07, 6.45) is 2.09. The fourth-order valence-corrected chi connectivity index (χ4v) is 4.06. The first kappa shape index (κ1) is 14.6. The third-order valence-electron chi connectivity index (χ3n) is 4.79. The number of amides is 1. The molecule has 0 aromatic carbocycles. The van der Waals surface area contributed by atoms with Crippen LogP contribution in [0, 0.1) is 17.3 Å². The van der Waals surface area contributed by atoms with E-state index < -0.39 is 5.60 Å². The zero-order valence-electron chi connectivity index (χ0n) is 12.9. The van der Waals surface area contributed by atoms with Gasteiger partial charge in [0.25, 0.3) is 0 Å². The summed E-state index contributed by atoms with van der Waals surface area (Å²) in [7, 11) is 0. The molecule has 3 atom stereocenters. The fourth-order valence-electron chi connectivity index (χ4n) is 4.06. The van der Waals surface area contributed by atoms with Crippen molar-refractivity contribution in [2.75, 3.05) is 13.1 Å². The number of likely N-dealkylation sites (tertiary alicyclic amines) is 1. The molecule has 1 aliphatic carbocycles. The minimum absolute atomic E-state index is 0.108. The lowest BCUT2D eigenvalue weighted by atomic mass is 9.49. The molecular weight excluding hydrogens is 240 g/mol. The summed E-state index contributed by atoms with van der Waals surface area (Å²) >= 11 is 0. The van der Waals surface area contributed by atoms with Crippen LogP contribution in [0.2, 0.25) is 0 Å². The number of rotatable bonds is 1. The number of hydrogen-bond acceptors (Lipinski definition) is 3. The zero-order chi connectivity index (χ0) is 14.4. The lowest BCUT2D eigenvalue weighted by Gasteiger charge is -2.63. The Morgan fingerprint density at radius 1 is 1.42 bits per heavy atom. The summed E-state index contributed by atoms with van der Waals surface area (Å²) in [4.78, 5) is 14.3. The second-order valence-corrected chi connectivity index (χ2v) is 7.59. The maximum absolute atomic E-state index is 12.4. The average Bonchev–Trinajstić information content (AvgIpc) is 2.26. The van der Waals surface area contributed by atoms with Crippen LogP contribution in [0.3, 0.4) is 0 Å². The highest BCUT2D eigenvalue weighted by molar-refractivity contribution is 5.69. The molecule has 1 saturated heterocycles. The van der Waals surface area contributed by atoms with Crippen LogP contribution in [0.4, 0.5) is 4.79 Å². The molecule has 2 fully saturated rings. The van der Waals surface area contributed by atoms with Crippen molar-refractivity contribution in [1.29, 1.82) is 0 Å². The fraction of sp³-hybridized carbons (Fsp3) is 0.933. The van der Waals surface area contributed by atoms with Crippen molar-refractivity contribution >= 4 is 6.09 Å². The predicted octanol–water partition coefficient (Wildman–Crippen LogP) is 2.62. The van der Waals surface area contributed by atoms with E-state index in [9.17, 15) is 4.79 Å². The Hall–Kier alpha value is -0.770. The van der Waals surface area contributed by atoms with Gasteiger partial charge < -0.3 is 15.4 Å². The van der Waals surface area contributed by atoms with Gasteiger partial charge in [-0.3, -0.25) is 0 Å². The van der Waals surface area contributed by atoms with E-state index in [0.29, 0.717) is 17.9 Å². The van der Waals surface area contributed by atoms with E-state index >= 15 is 0 Å². The molecule has 3 unspecified atom stereocenters. The number of hydrogen-bond donors (Lipinski definition) is 1. The van der Waals surface area contributed by atoms with Gasteiger partial charge in [0.2, 0.25) is 0 Å². The first-order valence-electron chi connectivity index (χ1n) is 7.38. The summed E-state index contributed by atoms with van der Waals surface area (Å²) in [6.45, 7) is 11.7. The van der Waals surface area contributed by atoms with Crippen LogP contribution in [0.15, 0.2) is 0 Å². The van der Waals surface area contributed by atoms with E-state index in [4.69, 9.17) is 10.5 Å². The Bertz CT molecular complexity index is 360. The molecule has 0 bridgehead atoms. The highest BCUT2D eigenvalue weighted by Crippen LogP contribution is 2.56. The quantitative estimate of drug-likeness (QED) is 0.795. The maximum atomic E-state index is 12.4. The van der Waals surface area contributed by atoms with E-state index in [1.54, 1.807) is 0 Å². The van der Waals surface area contributed by atoms with Crippen molar-refractivity contribution in [1.82, 2.24) is 4.90 Å². The van der Waals surface area contributed by atoms with Crippen LogP contribution >= 0.6 is 0 Å². The highest BCUT2D eigenvalue weighted by Gasteiger charge is 2.59. The van der Waals surface area contributed by atoms with Crippen molar-refractivity contribution in [3.8, 4) is 0 Å². The van der Waals surface area contributed by atoms with Crippen LogP contribution in [-0.2, 0) is 4.74 Å². The van der Waals surface area contributed by atoms with Crippen LogP contribution in [-0.4, -0.2) is 35.7 Å². The standard InChI is InChI=1S/C15H28N2O2/c1-14(2,3)19-13(18)17-8-6-7-10-11(9-16)15(4,5)12(10)17/h10-12H,6-9,16H2,1-5H3. The summed E-state index contributed by atoms with van der Waals surface area (Å²) in [5.41, 5.74) is 5.59. The van der Waals surface area contributed by atoms with Crippen LogP contribution in [0.25, 0.3) is 0 Å². The number of piperidine rings is 1. The molecule has 1 heterocycles. The van der Waals surface area contributed by atoms with Gasteiger partial charge in [0.15, 0.2) is 0 Å². The molecule has 0 aromatic rings. The molecule has 110 valence electrons. The van der Waals surface area contributed by atoms with Crippen molar-refractivity contribution in [2.24, 2.45) is 23.0 Å². The summed E-state index contributed by atoms with van der Waals surface area (Å²) in [5.74, 6) is 1.09. The van der Waals surface area contributed by atoms with Gasteiger partial charge in [-0.05, 0) is 57.4 Å². The van der Waals surface area contributed by atoms with Crippen molar-refractivity contribution in [3.05, 3.63) is 0 Å². The monoisotopic (exact) mass is 268 g/mol. The number of carbonyl (C=O) groups is 1. The van der Waals surface area contributed by atoms with E-state index in [1.807, 2.05) is 25.7 Å². The summed E-state index contributed by atoms with van der Waals surface area (Å²) < 4.78 is 5.55. The molecule has 4 heteroatoms. The molecule has 19 heavy (non-hydrogen) atoms. The number of nitrogens with zero attached hydrogens (tertiary/aromatic N) is 1. The minimum atomic E-state index is -0.425. The van der Waals surface area contributed by atoms with Gasteiger partial charge in [-0.1, -0.05) is 13.8 Å². The van der Waals surface area contributed by atoms with Gasteiger partial charge in [-0.2, -0.15) is 0 Å². The Labute approximate surface area is 116 Å². The van der Waals surface area contributed by atoms with Gasteiger partial charge >= 0.3 is 6.09 Å². The van der Waals surface area contributed by atoms with Gasteiger partial charge in [0, 0.05) is 12.6 Å². The third kappa shape index (κ3) is 2.47. The maximum Gasteiger partial charge on any atom is 0.410 e. The second-order valence-electron chi connectivity index (χ2n) is 7.59. The van der Waals surface area contributed by atoms with Gasteiger partial charge in [0.1, 0.15) is 5.60 Å². The highest BCUT2D eigenvalue weighted by atomic mass is 16.6. The number of nitrogens with two attached hydrogens (primary N) is 1. The van der Waals surface area contributed by atoms with E-state index in [0.717, 1.165) is 19.5 Å². The molecule has 1 saturated carbocycles. The molecule has 0 aromatic heterocycles. The Morgan fingerprint density at radius 2 is 2.05 bits per heavy atom. The largest absolute Gasteiger partial charge is 0.444 e. The molecule has 2 N–H and O–H groups in total. The van der Waals surface area contributed by atoms with Crippen LogP contribution in [0.1, 0.15) is 47.5 Å². The second kappa shape index (κ2) is 4.65. The molecule has 4 nitrogen and oxygen atoms in total. The lowest BCUT2D eigenvalue weighted by molar-refractivity contribution is -0.139. The topological polar surface area (TPSA) is 55.6 Å². The van der Waals surface area contributed by atoms with Gasteiger partial charge in [-0.25, -0.2) is 4.79 Å². The van der Waals surface area contributed by atoms with Gasteiger partial charge in [0.05, 0.1) is 0 Å². The SMILES string of the molecule is CC(C)(C)OC(=O)N1CCCC2C(CN)C(C)(C)C21. The van der Waals surface area contributed by atoms with Crippen molar-refractivity contribution in [3.63, 3.8) is 0 Å². The van der Waals surface area contributed by atoms with Crippen LogP contribution in [0.5, 0.6) is 0 Å². The molecular formula is C15H28N2O2. The lowest BCUT2D eigenvalue weighted by Crippen LogP contribution is -2.70. The van der Waals surface area contributed by atoms with Gasteiger partial charge in [-0.15, -0.1) is 0 Å². The Balaban J connectivity index is 2.12. The van der Waals surface area contributed by atoms with Crippen LogP contribution < -0.4 is 5.73 Å². The first-order chi connectivity index (χ1) is 8.68. The number of fused-ring (bicyclic) bond motifs is 1. The van der Waals surface area contributed by atoms with E-state index in [2.05, 4.69) is 13.8 Å². The summed E-state index contributed by atoms with van der Waals surface area (Å²) in [6, 6.07) is 0.296. The Morgan fingerprint density at radius 3 is 2.58 bits per heavy atom. The first-order valence-corrected chi connectivity index (χ1v) is 7.38. The molecule has 0 radical (unpaired) electrons. The predicted molar refractivity (Wildman–Crippen MR) is 75.8 cm³/mol. The Kier molecular flexibility index (Phi) is 3.58. The zero-order valence-corrected chi connectivity index (χ0v) is 12.9. The average molecular weight is 268 g/mol. The molecule has 0 spiro atoms. The normalized spacial score (nSPS) is 33.4. The van der Waals surface area contributed by atoms with Crippen molar-refractivity contribution < 1.29 is 9.53 Å². The summed E-state index contributed by atoms with van der Waals surface area (Å²) in [5, 5.41) is 0.